The third-order valence-electron chi connectivity index (χ3n) is 5.41. The lowest BCUT2D eigenvalue weighted by molar-refractivity contribution is -0.657. The summed E-state index contributed by atoms with van der Waals surface area (Å²) in [5.74, 6) is -0.119. The van der Waals surface area contributed by atoms with Gasteiger partial charge in [0.2, 0.25) is 5.76 Å². The molecule has 9 heteroatoms. The molecule has 4 rings (SSSR count). The zero-order valence-electron chi connectivity index (χ0n) is 19.1. The molecule has 0 saturated carbocycles. The van der Waals surface area contributed by atoms with Gasteiger partial charge in [-0.15, -0.1) is 0 Å². The topological polar surface area (TPSA) is 106 Å². The number of carbonyl (C=O) groups excluding carboxylic acids is 1. The SMILES string of the molecule is Cc1on[n+](-c2ccc(-c3ccc(CC(=O)O)cc3)cc2)c1NC(=O)OC(C)c1ccccc1Cl. The van der Waals surface area contributed by atoms with Crippen LogP contribution in [0.1, 0.15) is 29.9 Å². The number of carboxylic acids is 1. The number of rotatable bonds is 7. The molecule has 0 aliphatic carbocycles. The minimum atomic E-state index is -0.867. The molecule has 2 N–H and O–H groups in total. The lowest BCUT2D eigenvalue weighted by Gasteiger charge is -2.12. The maximum atomic E-state index is 12.6. The van der Waals surface area contributed by atoms with Gasteiger partial charge in [0.15, 0.2) is 5.69 Å². The number of amides is 1. The third-order valence-corrected chi connectivity index (χ3v) is 5.75. The maximum Gasteiger partial charge on any atom is 0.505 e. The minimum Gasteiger partial charge on any atom is -0.481 e. The summed E-state index contributed by atoms with van der Waals surface area (Å²) in [4.78, 5) is 23.4. The number of aliphatic carboxylic acids is 1. The number of nitrogens with one attached hydrogen (secondary N) is 1. The summed E-state index contributed by atoms with van der Waals surface area (Å²) in [6.07, 6.45) is -1.24. The summed E-state index contributed by atoms with van der Waals surface area (Å²) in [7, 11) is 0. The summed E-state index contributed by atoms with van der Waals surface area (Å²) >= 11 is 6.20. The van der Waals surface area contributed by atoms with Gasteiger partial charge in [-0.3, -0.25) is 4.79 Å². The average Bonchev–Trinajstić information content (AvgIpc) is 3.19. The van der Waals surface area contributed by atoms with Crippen molar-refractivity contribution in [2.75, 3.05) is 5.32 Å². The van der Waals surface area contributed by atoms with Gasteiger partial charge >= 0.3 is 17.9 Å². The van der Waals surface area contributed by atoms with E-state index in [9.17, 15) is 9.59 Å². The average molecular weight is 493 g/mol. The fourth-order valence-corrected chi connectivity index (χ4v) is 3.88. The molecule has 0 saturated heterocycles. The van der Waals surface area contributed by atoms with Crippen LogP contribution < -0.4 is 10.00 Å². The molecule has 178 valence electrons. The standard InChI is InChI=1S/C26H22ClN3O5/c1-16(22-5-3-4-6-23(22)27)34-26(33)28-25-17(2)35-29-30(25)21-13-11-20(12-14-21)19-9-7-18(8-10-19)15-24(31)32/h3-14,16H,15H2,1-2H3,(H-,28,31,32,33)/p+1. The summed E-state index contributed by atoms with van der Waals surface area (Å²) in [6.45, 7) is 3.42. The Bertz CT molecular complexity index is 1350. The van der Waals surface area contributed by atoms with Gasteiger partial charge in [0.1, 0.15) is 11.4 Å². The molecular weight excluding hydrogens is 470 g/mol. The van der Waals surface area contributed by atoms with E-state index in [2.05, 4.69) is 10.6 Å². The fraction of sp³-hybridized carbons (Fsp3) is 0.154. The number of hydrogen-bond donors (Lipinski definition) is 2. The van der Waals surface area contributed by atoms with Crippen molar-refractivity contribution in [3.05, 3.63) is 94.7 Å². The van der Waals surface area contributed by atoms with E-state index in [0.717, 1.165) is 16.7 Å². The van der Waals surface area contributed by atoms with E-state index in [1.165, 1.54) is 4.68 Å². The van der Waals surface area contributed by atoms with Gasteiger partial charge in [-0.25, -0.2) is 0 Å². The number of benzene rings is 3. The zero-order valence-corrected chi connectivity index (χ0v) is 19.8. The molecule has 0 bridgehead atoms. The predicted molar refractivity (Wildman–Crippen MR) is 130 cm³/mol. The van der Waals surface area contributed by atoms with Crippen LogP contribution in [0.25, 0.3) is 16.8 Å². The van der Waals surface area contributed by atoms with Crippen LogP contribution in [-0.4, -0.2) is 22.4 Å². The van der Waals surface area contributed by atoms with Crippen LogP contribution in [0.4, 0.5) is 10.6 Å². The highest BCUT2D eigenvalue weighted by molar-refractivity contribution is 6.31. The van der Waals surface area contributed by atoms with E-state index in [1.807, 2.05) is 48.5 Å². The predicted octanol–water partition coefficient (Wildman–Crippen LogP) is 5.52. The number of nitrogens with zero attached hydrogens (tertiary/aromatic N) is 2. The van der Waals surface area contributed by atoms with Gasteiger partial charge in [-0.05, 0) is 41.8 Å². The first-order valence-electron chi connectivity index (χ1n) is 10.8. The number of ether oxygens (including phenoxy) is 1. The Hall–Kier alpha value is -4.17. The molecule has 0 spiro atoms. The number of halogens is 1. The lowest BCUT2D eigenvalue weighted by Crippen LogP contribution is -2.37. The monoisotopic (exact) mass is 492 g/mol. The van der Waals surface area contributed by atoms with E-state index in [-0.39, 0.29) is 6.42 Å². The molecule has 3 aromatic carbocycles. The first-order valence-corrected chi connectivity index (χ1v) is 11.2. The smallest absolute Gasteiger partial charge is 0.481 e. The van der Waals surface area contributed by atoms with Gasteiger partial charge in [0.25, 0.3) is 0 Å². The summed E-state index contributed by atoms with van der Waals surface area (Å²) in [6, 6.07) is 22.0. The molecular formula is C26H23ClN3O5+. The quantitative estimate of drug-likeness (QED) is 0.329. The van der Waals surface area contributed by atoms with Crippen LogP contribution in [0.5, 0.6) is 0 Å². The highest BCUT2D eigenvalue weighted by atomic mass is 35.5. The molecule has 0 radical (unpaired) electrons. The van der Waals surface area contributed by atoms with Gasteiger partial charge in [0, 0.05) is 17.5 Å². The highest BCUT2D eigenvalue weighted by Gasteiger charge is 2.27. The number of anilines is 1. The molecule has 1 amide bonds. The number of hydrogen-bond acceptors (Lipinski definition) is 5. The minimum absolute atomic E-state index is 0.0171. The van der Waals surface area contributed by atoms with E-state index >= 15 is 0 Å². The van der Waals surface area contributed by atoms with Gasteiger partial charge in [0.05, 0.1) is 6.42 Å². The molecule has 0 aliphatic rings. The van der Waals surface area contributed by atoms with Crippen molar-refractivity contribution in [1.82, 2.24) is 5.27 Å². The van der Waals surface area contributed by atoms with Crippen molar-refractivity contribution in [1.29, 1.82) is 0 Å². The molecule has 1 unspecified atom stereocenters. The largest absolute Gasteiger partial charge is 0.505 e. The number of carbonyl (C=O) groups is 2. The molecule has 8 nitrogen and oxygen atoms in total. The Labute approximate surface area is 206 Å². The van der Waals surface area contributed by atoms with E-state index < -0.39 is 18.2 Å². The van der Waals surface area contributed by atoms with Gasteiger partial charge in [-0.1, -0.05) is 70.9 Å². The molecule has 0 fully saturated rings. The highest BCUT2D eigenvalue weighted by Crippen LogP contribution is 2.26. The Kier molecular flexibility index (Phi) is 7.12. The molecule has 1 heterocycles. The van der Waals surface area contributed by atoms with Crippen LogP contribution in [-0.2, 0) is 16.0 Å². The first kappa shape index (κ1) is 24.0. The van der Waals surface area contributed by atoms with Crippen molar-refractivity contribution in [3.63, 3.8) is 0 Å². The van der Waals surface area contributed by atoms with Crippen LogP contribution in [0.15, 0.2) is 77.3 Å². The molecule has 35 heavy (non-hydrogen) atoms. The molecule has 1 atom stereocenters. The Balaban J connectivity index is 1.48. The second-order valence-electron chi connectivity index (χ2n) is 7.90. The molecule has 0 aliphatic heterocycles. The summed E-state index contributed by atoms with van der Waals surface area (Å²) < 4.78 is 12.3. The Morgan fingerprint density at radius 1 is 1.06 bits per heavy atom. The van der Waals surface area contributed by atoms with Crippen molar-refractivity contribution in [2.45, 2.75) is 26.4 Å². The second kappa shape index (κ2) is 10.4. The van der Waals surface area contributed by atoms with Gasteiger partial charge in [-0.2, -0.15) is 10.1 Å². The van der Waals surface area contributed by atoms with Crippen molar-refractivity contribution < 1.29 is 28.6 Å². The number of aryl methyl sites for hydroxylation is 1. The summed E-state index contributed by atoms with van der Waals surface area (Å²) in [5, 5.41) is 16.2. The zero-order chi connectivity index (χ0) is 24.9. The Morgan fingerprint density at radius 3 is 2.31 bits per heavy atom. The molecule has 1 aromatic heterocycles. The fourth-order valence-electron chi connectivity index (χ4n) is 3.59. The summed E-state index contributed by atoms with van der Waals surface area (Å²) in [5.41, 5.74) is 3.99. The number of aromatic nitrogens is 2. The third kappa shape index (κ3) is 5.67. The van der Waals surface area contributed by atoms with E-state index in [4.69, 9.17) is 26.0 Å². The Morgan fingerprint density at radius 2 is 1.69 bits per heavy atom. The normalized spacial score (nSPS) is 11.6. The van der Waals surface area contributed by atoms with Crippen molar-refractivity contribution >= 4 is 29.5 Å². The maximum absolute atomic E-state index is 12.6. The van der Waals surface area contributed by atoms with Gasteiger partial charge < -0.3 is 14.4 Å². The van der Waals surface area contributed by atoms with Crippen LogP contribution >= 0.6 is 11.6 Å². The number of carboxylic acid groups (broad SMARTS) is 1. The first-order chi connectivity index (χ1) is 16.8. The van der Waals surface area contributed by atoms with Crippen molar-refractivity contribution in [2.24, 2.45) is 0 Å². The van der Waals surface area contributed by atoms with Crippen molar-refractivity contribution in [3.8, 4) is 16.8 Å². The van der Waals surface area contributed by atoms with Crippen LogP contribution in [0, 0.1) is 6.92 Å². The lowest BCUT2D eigenvalue weighted by atomic mass is 10.0. The second-order valence-corrected chi connectivity index (χ2v) is 8.31. The van der Waals surface area contributed by atoms with E-state index in [1.54, 1.807) is 38.1 Å². The van der Waals surface area contributed by atoms with Crippen LogP contribution in [0.3, 0.4) is 0 Å². The molecule has 4 aromatic rings. The van der Waals surface area contributed by atoms with E-state index in [0.29, 0.717) is 27.9 Å². The van der Waals surface area contributed by atoms with Crippen LogP contribution in [0.2, 0.25) is 5.02 Å².